The van der Waals surface area contributed by atoms with Crippen molar-refractivity contribution in [1.82, 2.24) is 0 Å². The van der Waals surface area contributed by atoms with Crippen molar-refractivity contribution in [2.75, 3.05) is 0 Å². The summed E-state index contributed by atoms with van der Waals surface area (Å²) in [5.74, 6) is 0. The third-order valence-corrected chi connectivity index (χ3v) is 10.1. The number of nitrogens with zero attached hydrogens (tertiary/aromatic N) is 1. The van der Waals surface area contributed by atoms with Gasteiger partial charge in [-0.3, -0.25) is 0 Å². The molecule has 0 aliphatic heterocycles. The van der Waals surface area contributed by atoms with E-state index >= 15 is 0 Å². The van der Waals surface area contributed by atoms with E-state index in [1.54, 1.807) is 0 Å². The summed E-state index contributed by atoms with van der Waals surface area (Å²) in [6.45, 7) is 6.65. The van der Waals surface area contributed by atoms with Crippen LogP contribution in [-0.2, 0) is 4.43 Å². The third-order valence-electron chi connectivity index (χ3n) is 5.11. The minimum absolute atomic E-state index is 0.161. The topological polar surface area (TPSA) is 33.0 Å². The van der Waals surface area contributed by atoms with Crippen molar-refractivity contribution in [3.8, 4) is 6.07 Å². The summed E-state index contributed by atoms with van der Waals surface area (Å²) in [6, 6.07) is 33.2. The average molecular weight is 398 g/mol. The number of hydrogen-bond donors (Lipinski definition) is 0. The largest absolute Gasteiger partial charge is 0.389 e. The molecule has 0 aromatic heterocycles. The van der Waals surface area contributed by atoms with Crippen molar-refractivity contribution in [1.29, 1.82) is 5.26 Å². The van der Waals surface area contributed by atoms with E-state index < -0.39 is 14.4 Å². The summed E-state index contributed by atoms with van der Waals surface area (Å²) >= 11 is 0. The zero-order chi connectivity index (χ0) is 20.7. The van der Waals surface area contributed by atoms with Crippen molar-refractivity contribution in [2.24, 2.45) is 0 Å². The molecule has 3 aromatic rings. The lowest BCUT2D eigenvalue weighted by atomic mass is 10.2. The van der Waals surface area contributed by atoms with Gasteiger partial charge in [-0.25, -0.2) is 0 Å². The summed E-state index contributed by atoms with van der Waals surface area (Å²) in [7, 11) is -2.75. The maximum absolute atomic E-state index is 9.92. The average Bonchev–Trinajstić information content (AvgIpc) is 2.75. The molecule has 0 aliphatic rings. The van der Waals surface area contributed by atoms with Gasteiger partial charge in [0, 0.05) is 0 Å². The SMILES string of the molecule is CC(C)(C)[Si](O[C@H](C#N)/C=C/c1ccccc1)(c1ccccc1)c1ccccc1. The molecule has 3 heteroatoms. The van der Waals surface area contributed by atoms with Gasteiger partial charge in [-0.15, -0.1) is 0 Å². The highest BCUT2D eigenvalue weighted by atomic mass is 28.4. The first-order valence-electron chi connectivity index (χ1n) is 9.89. The molecule has 0 spiro atoms. The second-order valence-corrected chi connectivity index (χ2v) is 12.4. The molecule has 0 bridgehead atoms. The van der Waals surface area contributed by atoms with E-state index in [-0.39, 0.29) is 5.04 Å². The van der Waals surface area contributed by atoms with Gasteiger partial charge in [0.15, 0.2) is 6.10 Å². The third kappa shape index (κ3) is 4.56. The maximum Gasteiger partial charge on any atom is 0.263 e. The predicted octanol–water partition coefficient (Wildman–Crippen LogP) is 5.17. The van der Waals surface area contributed by atoms with Crippen LogP contribution >= 0.6 is 0 Å². The Morgan fingerprint density at radius 2 is 1.24 bits per heavy atom. The van der Waals surface area contributed by atoms with E-state index in [0.29, 0.717) is 0 Å². The molecule has 1 atom stereocenters. The Hall–Kier alpha value is -2.93. The van der Waals surface area contributed by atoms with Gasteiger partial charge in [-0.1, -0.05) is 118 Å². The van der Waals surface area contributed by atoms with Crippen LogP contribution in [-0.4, -0.2) is 14.4 Å². The molecule has 3 rings (SSSR count). The van der Waals surface area contributed by atoms with E-state index in [9.17, 15) is 5.26 Å². The fourth-order valence-electron chi connectivity index (χ4n) is 3.75. The summed E-state index contributed by atoms with van der Waals surface area (Å²) in [4.78, 5) is 0. The molecule has 3 aromatic carbocycles. The minimum atomic E-state index is -2.75. The fourth-order valence-corrected chi connectivity index (χ4v) is 8.28. The maximum atomic E-state index is 9.92. The first-order chi connectivity index (χ1) is 14.0. The molecule has 0 aliphatic carbocycles. The highest BCUT2D eigenvalue weighted by Gasteiger charge is 2.51. The minimum Gasteiger partial charge on any atom is -0.389 e. The normalized spacial score (nSPS) is 13.2. The number of nitriles is 1. The van der Waals surface area contributed by atoms with Gasteiger partial charge in [0.25, 0.3) is 8.32 Å². The highest BCUT2D eigenvalue weighted by Crippen LogP contribution is 2.37. The van der Waals surface area contributed by atoms with Gasteiger partial charge in [-0.2, -0.15) is 5.26 Å². The van der Waals surface area contributed by atoms with Crippen LogP contribution < -0.4 is 10.4 Å². The van der Waals surface area contributed by atoms with E-state index in [1.165, 1.54) is 10.4 Å². The number of rotatable bonds is 6. The van der Waals surface area contributed by atoms with Gasteiger partial charge in [0.2, 0.25) is 0 Å². The van der Waals surface area contributed by atoms with E-state index in [0.717, 1.165) is 5.56 Å². The standard InChI is InChI=1S/C26H27NOSi/c1-26(2,3)29(24-15-9-5-10-16-24,25-17-11-6-12-18-25)28-23(21-27)20-19-22-13-7-4-8-14-22/h4-20,23H,1-3H3/b20-19+/t23-/m0/s1. The molecular weight excluding hydrogens is 370 g/mol. The van der Waals surface area contributed by atoms with Crippen LogP contribution in [0.5, 0.6) is 0 Å². The zero-order valence-corrected chi connectivity index (χ0v) is 18.2. The molecule has 146 valence electrons. The summed E-state index contributed by atoms with van der Waals surface area (Å²) < 4.78 is 6.84. The molecule has 0 radical (unpaired) electrons. The Bertz CT molecular complexity index is 930. The monoisotopic (exact) mass is 397 g/mol. The van der Waals surface area contributed by atoms with Crippen molar-refractivity contribution >= 4 is 24.8 Å². The second kappa shape index (κ2) is 9.04. The molecule has 2 nitrogen and oxygen atoms in total. The predicted molar refractivity (Wildman–Crippen MR) is 124 cm³/mol. The molecule has 0 amide bonds. The molecule has 0 N–H and O–H groups in total. The van der Waals surface area contributed by atoms with Gasteiger partial charge in [0.1, 0.15) is 0 Å². The Balaban J connectivity index is 2.10. The van der Waals surface area contributed by atoms with E-state index in [2.05, 4.69) is 75.4 Å². The molecule has 0 heterocycles. The van der Waals surface area contributed by atoms with Crippen molar-refractivity contribution < 1.29 is 4.43 Å². The molecule has 0 saturated heterocycles. The Labute approximate surface area is 175 Å². The Morgan fingerprint density at radius 3 is 1.66 bits per heavy atom. The van der Waals surface area contributed by atoms with Crippen LogP contribution in [0.3, 0.4) is 0 Å². The van der Waals surface area contributed by atoms with Gasteiger partial charge in [0.05, 0.1) is 6.07 Å². The number of hydrogen-bond acceptors (Lipinski definition) is 2. The summed E-state index contributed by atoms with van der Waals surface area (Å²) in [5, 5.41) is 12.1. The number of benzene rings is 3. The molecule has 0 saturated carbocycles. The first-order valence-corrected chi connectivity index (χ1v) is 11.8. The van der Waals surface area contributed by atoms with Crippen LogP contribution in [0.15, 0.2) is 97.1 Å². The highest BCUT2D eigenvalue weighted by molar-refractivity contribution is 6.99. The van der Waals surface area contributed by atoms with E-state index in [1.807, 2.05) is 54.6 Å². The lowest BCUT2D eigenvalue weighted by Crippen LogP contribution is -2.67. The smallest absolute Gasteiger partial charge is 0.263 e. The van der Waals surface area contributed by atoms with Crippen LogP contribution in [0, 0.1) is 11.3 Å². The Morgan fingerprint density at radius 1 is 0.793 bits per heavy atom. The summed E-state index contributed by atoms with van der Waals surface area (Å²) in [6.07, 6.45) is 3.20. The summed E-state index contributed by atoms with van der Waals surface area (Å²) in [5.41, 5.74) is 1.05. The van der Waals surface area contributed by atoms with Crippen molar-refractivity contribution in [2.45, 2.75) is 31.9 Å². The lowest BCUT2D eigenvalue weighted by Gasteiger charge is -2.43. The fraction of sp³-hybridized carbons (Fsp3) is 0.192. The quantitative estimate of drug-likeness (QED) is 0.538. The Kier molecular flexibility index (Phi) is 6.48. The van der Waals surface area contributed by atoms with Crippen LogP contribution in [0.4, 0.5) is 0 Å². The molecule has 0 fully saturated rings. The van der Waals surface area contributed by atoms with Crippen LogP contribution in [0.1, 0.15) is 26.3 Å². The lowest BCUT2D eigenvalue weighted by molar-refractivity contribution is 0.284. The zero-order valence-electron chi connectivity index (χ0n) is 17.2. The molecular formula is C26H27NOSi. The van der Waals surface area contributed by atoms with Crippen molar-refractivity contribution in [3.63, 3.8) is 0 Å². The molecule has 0 unspecified atom stereocenters. The van der Waals surface area contributed by atoms with E-state index in [4.69, 9.17) is 4.43 Å². The van der Waals surface area contributed by atoms with Crippen molar-refractivity contribution in [3.05, 3.63) is 103 Å². The second-order valence-electron chi connectivity index (χ2n) is 8.10. The first kappa shape index (κ1) is 20.8. The molecule has 29 heavy (non-hydrogen) atoms. The van der Waals surface area contributed by atoms with Crippen LogP contribution in [0.2, 0.25) is 5.04 Å². The van der Waals surface area contributed by atoms with Gasteiger partial charge >= 0.3 is 0 Å². The van der Waals surface area contributed by atoms with Gasteiger partial charge < -0.3 is 4.43 Å². The van der Waals surface area contributed by atoms with Gasteiger partial charge in [-0.05, 0) is 27.1 Å². The van der Waals surface area contributed by atoms with Crippen LogP contribution in [0.25, 0.3) is 6.08 Å².